The van der Waals surface area contributed by atoms with Gasteiger partial charge in [0.2, 0.25) is 15.9 Å². The Bertz CT molecular complexity index is 1160. The molecule has 7 nitrogen and oxygen atoms in total. The van der Waals surface area contributed by atoms with Gasteiger partial charge in [-0.25, -0.2) is 13.1 Å². The van der Waals surface area contributed by atoms with Gasteiger partial charge in [0, 0.05) is 22.5 Å². The summed E-state index contributed by atoms with van der Waals surface area (Å²) in [6, 6.07) is 14.1. The summed E-state index contributed by atoms with van der Waals surface area (Å²) in [4.78, 5) is 25.5. The predicted molar refractivity (Wildman–Crippen MR) is 132 cm³/mol. The monoisotopic (exact) mass is 526 g/mol. The summed E-state index contributed by atoms with van der Waals surface area (Å²) >= 11 is 12.3. The number of rotatable bonds is 9. The first-order valence-corrected chi connectivity index (χ1v) is 13.5. The molecule has 0 aromatic heterocycles. The molecule has 0 aliphatic carbocycles. The van der Waals surface area contributed by atoms with Gasteiger partial charge in [0.05, 0.1) is 24.1 Å². The van der Waals surface area contributed by atoms with Crippen molar-refractivity contribution in [3.05, 3.63) is 69.7 Å². The first kappa shape index (κ1) is 26.5. The van der Waals surface area contributed by atoms with E-state index in [2.05, 4.69) is 10.0 Å². The van der Waals surface area contributed by atoms with Gasteiger partial charge in [0.25, 0.3) is 0 Å². The minimum Gasteiger partial charge on any atom is -0.481 e. The smallest absolute Gasteiger partial charge is 0.304 e. The van der Waals surface area contributed by atoms with Crippen molar-refractivity contribution in [1.29, 1.82) is 0 Å². The average molecular weight is 527 g/mol. The van der Waals surface area contributed by atoms with Gasteiger partial charge in [0.15, 0.2) is 0 Å². The molecule has 0 saturated carbocycles. The largest absolute Gasteiger partial charge is 0.481 e. The fourth-order valence-electron chi connectivity index (χ4n) is 4.78. The van der Waals surface area contributed by atoms with E-state index in [1.165, 1.54) is 0 Å². The third kappa shape index (κ3) is 6.30. The molecule has 4 atom stereocenters. The first-order chi connectivity index (χ1) is 15.9. The van der Waals surface area contributed by atoms with Gasteiger partial charge in [-0.15, -0.1) is 0 Å². The molecular weight excluding hydrogens is 499 g/mol. The summed E-state index contributed by atoms with van der Waals surface area (Å²) in [7, 11) is -3.41. The second-order valence-corrected chi connectivity index (χ2v) is 11.7. The molecule has 3 rings (SSSR count). The molecular formula is C24H28Cl2N2O5S. The highest BCUT2D eigenvalue weighted by Gasteiger charge is 2.52. The van der Waals surface area contributed by atoms with Crippen LogP contribution in [0.25, 0.3) is 0 Å². The Morgan fingerprint density at radius 1 is 1.18 bits per heavy atom. The second kappa shape index (κ2) is 10.6. The van der Waals surface area contributed by atoms with Crippen molar-refractivity contribution >= 4 is 45.1 Å². The number of amides is 1. The lowest BCUT2D eigenvalue weighted by Crippen LogP contribution is -2.54. The number of aliphatic carboxylic acids is 1. The number of benzene rings is 2. The van der Waals surface area contributed by atoms with Crippen molar-refractivity contribution in [3.63, 3.8) is 0 Å². The van der Waals surface area contributed by atoms with Crippen molar-refractivity contribution in [2.24, 2.45) is 11.3 Å². The summed E-state index contributed by atoms with van der Waals surface area (Å²) in [6.45, 7) is 1.90. The fourth-order valence-corrected chi connectivity index (χ4v) is 5.59. The van der Waals surface area contributed by atoms with E-state index >= 15 is 0 Å². The molecule has 34 heavy (non-hydrogen) atoms. The van der Waals surface area contributed by atoms with Gasteiger partial charge in [-0.1, -0.05) is 54.4 Å². The average Bonchev–Trinajstić information content (AvgIpc) is 2.74. The molecule has 1 aliphatic heterocycles. The summed E-state index contributed by atoms with van der Waals surface area (Å²) in [5, 5.41) is 13.9. The van der Waals surface area contributed by atoms with Crippen LogP contribution in [-0.2, 0) is 19.6 Å². The van der Waals surface area contributed by atoms with Gasteiger partial charge in [-0.3, -0.25) is 9.59 Å². The Kier molecular flexibility index (Phi) is 8.29. The van der Waals surface area contributed by atoms with Crippen LogP contribution in [0, 0.1) is 11.3 Å². The molecule has 1 fully saturated rings. The lowest BCUT2D eigenvalue weighted by Gasteiger charge is -2.47. The number of carbonyl (C=O) groups is 2. The van der Waals surface area contributed by atoms with E-state index in [1.54, 1.807) is 25.1 Å². The molecule has 3 N–H and O–H groups in total. The molecule has 1 aliphatic rings. The van der Waals surface area contributed by atoms with Crippen LogP contribution in [0.15, 0.2) is 48.5 Å². The van der Waals surface area contributed by atoms with E-state index in [-0.39, 0.29) is 31.2 Å². The zero-order chi connectivity index (χ0) is 25.1. The van der Waals surface area contributed by atoms with Gasteiger partial charge in [-0.05, 0) is 54.2 Å². The SMILES string of the molecule is C[C@@H](CCNS(C)(=O)=O)[C@]1(CC(=O)O)C[C@H](c2cccc(Cl)c2)[C@@H](c2ccc(Cl)cc2)NC1=O. The maximum atomic E-state index is 13.6. The molecule has 10 heteroatoms. The number of nitrogens with one attached hydrogen (secondary N) is 2. The van der Waals surface area contributed by atoms with Crippen LogP contribution in [0.2, 0.25) is 10.0 Å². The standard InChI is InChI=1S/C24H28Cl2N2O5S/c1-15(10-11-27-34(2,32)33)24(14-21(29)30)13-20(17-4-3-5-19(26)12-17)22(28-23(24)31)16-6-8-18(25)9-7-16/h3-9,12,15,20,22,27H,10-11,13-14H2,1-2H3,(H,28,31)(H,29,30)/t15-,20+,22+,24+/m0/s1. The van der Waals surface area contributed by atoms with Gasteiger partial charge < -0.3 is 10.4 Å². The number of hydrogen-bond donors (Lipinski definition) is 3. The van der Waals surface area contributed by atoms with E-state index in [4.69, 9.17) is 23.2 Å². The summed E-state index contributed by atoms with van der Waals surface area (Å²) < 4.78 is 25.4. The third-order valence-corrected chi connectivity index (χ3v) is 7.80. The van der Waals surface area contributed by atoms with Crippen molar-refractivity contribution < 1.29 is 23.1 Å². The number of carboxylic acid groups (broad SMARTS) is 1. The topological polar surface area (TPSA) is 113 Å². The minimum absolute atomic E-state index is 0.108. The normalized spacial score (nSPS) is 23.8. The summed E-state index contributed by atoms with van der Waals surface area (Å²) in [5.74, 6) is -2.12. The molecule has 1 saturated heterocycles. The molecule has 1 heterocycles. The lowest BCUT2D eigenvalue weighted by atomic mass is 9.61. The quantitative estimate of drug-likeness (QED) is 0.448. The number of halogens is 2. The first-order valence-electron chi connectivity index (χ1n) is 10.9. The summed E-state index contributed by atoms with van der Waals surface area (Å²) in [6.07, 6.45) is 1.26. The van der Waals surface area contributed by atoms with Crippen LogP contribution >= 0.6 is 23.2 Å². The molecule has 0 bridgehead atoms. The number of piperidine rings is 1. The van der Waals surface area contributed by atoms with Crippen LogP contribution in [0.1, 0.15) is 49.3 Å². The Balaban J connectivity index is 2.03. The highest BCUT2D eigenvalue weighted by Crippen LogP contribution is 2.51. The summed E-state index contributed by atoms with van der Waals surface area (Å²) in [5.41, 5.74) is 0.489. The molecule has 184 valence electrons. The molecule has 0 radical (unpaired) electrons. The van der Waals surface area contributed by atoms with E-state index in [0.717, 1.165) is 17.4 Å². The highest BCUT2D eigenvalue weighted by molar-refractivity contribution is 7.88. The zero-order valence-electron chi connectivity index (χ0n) is 18.9. The Hall–Kier alpha value is -2.13. The van der Waals surface area contributed by atoms with Gasteiger partial charge in [-0.2, -0.15) is 0 Å². The Morgan fingerprint density at radius 3 is 2.44 bits per heavy atom. The lowest BCUT2D eigenvalue weighted by molar-refractivity contribution is -0.151. The molecule has 0 spiro atoms. The van der Waals surface area contributed by atoms with Crippen LogP contribution in [0.5, 0.6) is 0 Å². The van der Waals surface area contributed by atoms with Gasteiger partial charge in [0.1, 0.15) is 0 Å². The van der Waals surface area contributed by atoms with E-state index < -0.39 is 33.4 Å². The van der Waals surface area contributed by atoms with Crippen molar-refractivity contribution in [2.45, 2.75) is 38.1 Å². The van der Waals surface area contributed by atoms with Crippen LogP contribution in [-0.4, -0.2) is 38.2 Å². The number of sulfonamides is 1. The predicted octanol–water partition coefficient (Wildman–Crippen LogP) is 4.37. The van der Waals surface area contributed by atoms with Crippen molar-refractivity contribution in [1.82, 2.24) is 10.0 Å². The number of carbonyl (C=O) groups excluding carboxylic acids is 1. The minimum atomic E-state index is -3.41. The molecule has 2 aromatic carbocycles. The maximum Gasteiger partial charge on any atom is 0.304 e. The molecule has 1 amide bonds. The van der Waals surface area contributed by atoms with E-state index in [0.29, 0.717) is 16.5 Å². The fraction of sp³-hybridized carbons (Fsp3) is 0.417. The third-order valence-electron chi connectivity index (χ3n) is 6.58. The van der Waals surface area contributed by atoms with E-state index in [9.17, 15) is 23.1 Å². The van der Waals surface area contributed by atoms with Crippen LogP contribution < -0.4 is 10.0 Å². The second-order valence-electron chi connectivity index (χ2n) is 8.95. The molecule has 0 unspecified atom stereocenters. The van der Waals surface area contributed by atoms with Crippen molar-refractivity contribution in [3.8, 4) is 0 Å². The maximum absolute atomic E-state index is 13.6. The van der Waals surface area contributed by atoms with Crippen LogP contribution in [0.3, 0.4) is 0 Å². The Morgan fingerprint density at radius 2 is 1.85 bits per heavy atom. The van der Waals surface area contributed by atoms with E-state index in [1.807, 2.05) is 30.3 Å². The molecule has 2 aromatic rings. The number of carboxylic acids is 1. The van der Waals surface area contributed by atoms with Gasteiger partial charge >= 0.3 is 5.97 Å². The van der Waals surface area contributed by atoms with Crippen molar-refractivity contribution in [2.75, 3.05) is 12.8 Å². The Labute approximate surface area is 209 Å². The zero-order valence-corrected chi connectivity index (χ0v) is 21.3. The van der Waals surface area contributed by atoms with Crippen LogP contribution in [0.4, 0.5) is 0 Å². The number of hydrogen-bond acceptors (Lipinski definition) is 4. The highest BCUT2D eigenvalue weighted by atomic mass is 35.5.